The van der Waals surface area contributed by atoms with E-state index in [4.69, 9.17) is 10.2 Å². The molecule has 6 amide bonds. The van der Waals surface area contributed by atoms with Crippen molar-refractivity contribution in [3.63, 3.8) is 0 Å². The third kappa shape index (κ3) is 12.3. The van der Waals surface area contributed by atoms with Gasteiger partial charge in [0.25, 0.3) is 0 Å². The lowest BCUT2D eigenvalue weighted by Crippen LogP contribution is -2.50. The highest BCUT2D eigenvalue weighted by Gasteiger charge is 2.30. The molecule has 13 nitrogen and oxygen atoms in total. The monoisotopic (exact) mass is 698 g/mol. The Morgan fingerprint density at radius 3 is 2.24 bits per heavy atom. The summed E-state index contributed by atoms with van der Waals surface area (Å²) in [6.45, 7) is 5.27. The smallest absolute Gasteiger partial charge is 0.243 e. The lowest BCUT2D eigenvalue weighted by atomic mass is 9.85. The molecule has 1 fully saturated rings. The van der Waals surface area contributed by atoms with Gasteiger partial charge in [-0.2, -0.15) is 0 Å². The van der Waals surface area contributed by atoms with Gasteiger partial charge in [0.2, 0.25) is 35.4 Å². The average molecular weight is 699 g/mol. The molecule has 51 heavy (non-hydrogen) atoms. The molecule has 0 spiro atoms. The van der Waals surface area contributed by atoms with E-state index in [1.54, 1.807) is 48.5 Å². The first-order valence-electron chi connectivity index (χ1n) is 17.0. The molecule has 0 radical (unpaired) electrons. The van der Waals surface area contributed by atoms with E-state index >= 15 is 0 Å². The highest BCUT2D eigenvalue weighted by Crippen LogP contribution is 2.25. The van der Waals surface area contributed by atoms with Crippen LogP contribution in [0.25, 0.3) is 0 Å². The van der Waals surface area contributed by atoms with Crippen molar-refractivity contribution in [1.82, 2.24) is 26.6 Å². The van der Waals surface area contributed by atoms with Crippen LogP contribution in [0.2, 0.25) is 0 Å². The zero-order chi connectivity index (χ0) is 36.8. The zero-order valence-electron chi connectivity index (χ0n) is 28.7. The molecular formula is C38H46N6O7. The number of nitrogens with one attached hydrogen (secondary N) is 5. The zero-order valence-corrected chi connectivity index (χ0v) is 28.7. The standard InChI is InChI=1S/C38H46N6O7/c1-3-34(46)40-22-26-9-6-8-25(18-26)19-32(36(39)48)43-35(47)20-28-10-4-5-11-29(28)23-41-38(50)33(21-31-12-7-17-51-31)44-37(49)27-13-15-30(16-14-27)42-24(2)45/h3-12,17-18,27,30,32-33H,1,13-16,19-23H2,2H3,(H2,39,48)(H,40,46)(H,41,50)(H,42,45)(H,43,47)(H,44,49)/t27?,30?,32-,33-/m0/s1. The molecule has 0 aliphatic heterocycles. The van der Waals surface area contributed by atoms with Gasteiger partial charge in [-0.3, -0.25) is 28.8 Å². The van der Waals surface area contributed by atoms with Crippen LogP contribution in [0.1, 0.15) is 60.6 Å². The largest absolute Gasteiger partial charge is 0.469 e. The molecule has 2 aromatic carbocycles. The minimum Gasteiger partial charge on any atom is -0.469 e. The Hall–Kier alpha value is -5.72. The van der Waals surface area contributed by atoms with Gasteiger partial charge in [-0.05, 0) is 66.1 Å². The summed E-state index contributed by atoms with van der Waals surface area (Å²) in [4.78, 5) is 75.2. The normalized spacial score (nSPS) is 16.5. The molecule has 3 aromatic rings. The minimum absolute atomic E-state index is 0.0407. The fourth-order valence-corrected chi connectivity index (χ4v) is 6.13. The highest BCUT2D eigenvalue weighted by atomic mass is 16.3. The van der Waals surface area contributed by atoms with Gasteiger partial charge in [-0.1, -0.05) is 55.1 Å². The number of carbonyl (C=O) groups is 6. The second kappa shape index (κ2) is 18.9. The van der Waals surface area contributed by atoms with Crippen LogP contribution in [0.3, 0.4) is 0 Å². The van der Waals surface area contributed by atoms with Gasteiger partial charge in [0, 0.05) is 44.8 Å². The lowest BCUT2D eigenvalue weighted by Gasteiger charge is -2.29. The summed E-state index contributed by atoms with van der Waals surface area (Å²) < 4.78 is 5.47. The number of amides is 6. The molecule has 0 bridgehead atoms. The van der Waals surface area contributed by atoms with E-state index in [2.05, 4.69) is 33.2 Å². The van der Waals surface area contributed by atoms with Crippen molar-refractivity contribution in [1.29, 1.82) is 0 Å². The van der Waals surface area contributed by atoms with Gasteiger partial charge >= 0.3 is 0 Å². The fraction of sp³-hybridized carbons (Fsp3) is 0.368. The van der Waals surface area contributed by atoms with Crippen LogP contribution in [0.5, 0.6) is 0 Å². The molecule has 4 rings (SSSR count). The Morgan fingerprint density at radius 2 is 1.57 bits per heavy atom. The fourth-order valence-electron chi connectivity index (χ4n) is 6.13. The first-order chi connectivity index (χ1) is 24.5. The van der Waals surface area contributed by atoms with E-state index < -0.39 is 29.8 Å². The first-order valence-corrected chi connectivity index (χ1v) is 17.0. The first kappa shape index (κ1) is 38.1. The van der Waals surface area contributed by atoms with Crippen molar-refractivity contribution < 1.29 is 33.2 Å². The number of primary amides is 1. The predicted octanol–water partition coefficient (Wildman–Crippen LogP) is 1.88. The third-order valence-electron chi connectivity index (χ3n) is 8.81. The van der Waals surface area contributed by atoms with E-state index in [1.165, 1.54) is 19.3 Å². The Labute approximate surface area is 297 Å². The molecule has 1 heterocycles. The van der Waals surface area contributed by atoms with Gasteiger partial charge in [0.1, 0.15) is 17.8 Å². The van der Waals surface area contributed by atoms with Crippen molar-refractivity contribution in [3.8, 4) is 0 Å². The highest BCUT2D eigenvalue weighted by molar-refractivity contribution is 5.89. The van der Waals surface area contributed by atoms with Crippen LogP contribution in [0, 0.1) is 5.92 Å². The van der Waals surface area contributed by atoms with Crippen molar-refractivity contribution in [3.05, 3.63) is 108 Å². The van der Waals surface area contributed by atoms with Crippen molar-refractivity contribution in [2.24, 2.45) is 11.7 Å². The minimum atomic E-state index is -0.978. The predicted molar refractivity (Wildman–Crippen MR) is 189 cm³/mol. The van der Waals surface area contributed by atoms with Crippen LogP contribution >= 0.6 is 0 Å². The summed E-state index contributed by atoms with van der Waals surface area (Å²) in [5.74, 6) is -1.90. The number of rotatable bonds is 17. The summed E-state index contributed by atoms with van der Waals surface area (Å²) in [7, 11) is 0. The summed E-state index contributed by atoms with van der Waals surface area (Å²) in [6.07, 6.45) is 5.47. The number of furan rings is 1. The van der Waals surface area contributed by atoms with Gasteiger partial charge < -0.3 is 36.7 Å². The Morgan fingerprint density at radius 1 is 0.843 bits per heavy atom. The Kier molecular flexibility index (Phi) is 14.1. The molecule has 7 N–H and O–H groups in total. The number of nitrogens with two attached hydrogens (primary N) is 1. The number of carbonyl (C=O) groups excluding carboxylic acids is 6. The number of hydrogen-bond acceptors (Lipinski definition) is 7. The summed E-state index contributed by atoms with van der Waals surface area (Å²) >= 11 is 0. The van der Waals surface area contributed by atoms with E-state index in [9.17, 15) is 28.8 Å². The molecule has 0 unspecified atom stereocenters. The van der Waals surface area contributed by atoms with Crippen LogP contribution in [-0.4, -0.2) is 53.6 Å². The maximum atomic E-state index is 13.5. The van der Waals surface area contributed by atoms with Gasteiger partial charge in [-0.15, -0.1) is 0 Å². The molecule has 1 saturated carbocycles. The molecule has 270 valence electrons. The molecule has 1 aromatic heterocycles. The summed E-state index contributed by atoms with van der Waals surface area (Å²) in [5.41, 5.74) is 8.54. The third-order valence-corrected chi connectivity index (χ3v) is 8.81. The van der Waals surface area contributed by atoms with E-state index in [0.29, 0.717) is 42.6 Å². The van der Waals surface area contributed by atoms with Crippen molar-refractivity contribution in [2.45, 2.75) is 83.1 Å². The molecular weight excluding hydrogens is 652 g/mol. The van der Waals surface area contributed by atoms with Crippen LogP contribution in [0.4, 0.5) is 0 Å². The van der Waals surface area contributed by atoms with Crippen LogP contribution < -0.4 is 32.3 Å². The molecule has 2 atom stereocenters. The lowest BCUT2D eigenvalue weighted by molar-refractivity contribution is -0.132. The molecule has 13 heteroatoms. The number of benzene rings is 2. The second-order valence-electron chi connectivity index (χ2n) is 12.7. The molecule has 1 aliphatic rings. The summed E-state index contributed by atoms with van der Waals surface area (Å²) in [5, 5.41) is 14.1. The van der Waals surface area contributed by atoms with Gasteiger partial charge in [0.15, 0.2) is 0 Å². The van der Waals surface area contributed by atoms with Crippen LogP contribution in [-0.2, 0) is 61.1 Å². The maximum Gasteiger partial charge on any atom is 0.243 e. The van der Waals surface area contributed by atoms with Gasteiger partial charge in [0.05, 0.1) is 12.7 Å². The summed E-state index contributed by atoms with van der Waals surface area (Å²) in [6, 6.07) is 16.0. The maximum absolute atomic E-state index is 13.5. The van der Waals surface area contributed by atoms with Crippen molar-refractivity contribution >= 4 is 35.4 Å². The van der Waals surface area contributed by atoms with Crippen molar-refractivity contribution in [2.75, 3.05) is 0 Å². The van der Waals surface area contributed by atoms with E-state index in [0.717, 1.165) is 11.1 Å². The van der Waals surface area contributed by atoms with E-state index in [1.807, 2.05) is 12.1 Å². The molecule has 1 aliphatic carbocycles. The average Bonchev–Trinajstić information content (AvgIpc) is 3.63. The topological polar surface area (TPSA) is 202 Å². The quantitative estimate of drug-likeness (QED) is 0.116. The molecule has 0 saturated heterocycles. The second-order valence-corrected chi connectivity index (χ2v) is 12.7. The SMILES string of the molecule is C=CC(=O)NCc1cccc(C[C@H](NC(=O)Cc2ccccc2CNC(=O)[C@H](Cc2ccco2)NC(=O)C2CCC(NC(C)=O)CC2)C(N)=O)c1. The van der Waals surface area contributed by atoms with Crippen LogP contribution in [0.15, 0.2) is 84.0 Å². The van der Waals surface area contributed by atoms with Gasteiger partial charge in [-0.25, -0.2) is 0 Å². The number of hydrogen-bond donors (Lipinski definition) is 6. The Bertz CT molecular complexity index is 1700. The van der Waals surface area contributed by atoms with E-state index in [-0.39, 0.29) is 62.0 Å². The Balaban J connectivity index is 1.35.